The fourth-order valence-corrected chi connectivity index (χ4v) is 2.23. The molecule has 3 heteroatoms. The Balaban J connectivity index is 0.000000686. The van der Waals surface area contributed by atoms with Crippen LogP contribution in [0, 0.1) is 5.92 Å². The molecule has 0 saturated heterocycles. The van der Waals surface area contributed by atoms with E-state index >= 15 is 0 Å². The summed E-state index contributed by atoms with van der Waals surface area (Å²) in [5, 5.41) is 0. The molecule has 0 unspecified atom stereocenters. The van der Waals surface area contributed by atoms with Crippen LogP contribution in [0.25, 0.3) is 4.91 Å². The fourth-order valence-electron chi connectivity index (χ4n) is 1.63. The lowest BCUT2D eigenvalue weighted by Gasteiger charge is -2.06. The third-order valence-corrected chi connectivity index (χ3v) is 3.10. The summed E-state index contributed by atoms with van der Waals surface area (Å²) in [7, 11) is 0. The Labute approximate surface area is 109 Å². The van der Waals surface area contributed by atoms with Gasteiger partial charge in [0.1, 0.15) is 0 Å². The smallest absolute Gasteiger partial charge is 0.0488 e. The van der Waals surface area contributed by atoms with E-state index in [1.165, 1.54) is 16.0 Å². The average Bonchev–Trinajstić information content (AvgIpc) is 2.85. The monoisotopic (exact) mass is 250 g/mol. The predicted molar refractivity (Wildman–Crippen MR) is 78.2 cm³/mol. The molecule has 2 N–H and O–H groups in total. The van der Waals surface area contributed by atoms with E-state index in [0.29, 0.717) is 0 Å². The zero-order valence-corrected chi connectivity index (χ0v) is 11.9. The van der Waals surface area contributed by atoms with Crippen molar-refractivity contribution >= 4 is 16.9 Å². The van der Waals surface area contributed by atoms with Crippen LogP contribution in [0.5, 0.6) is 0 Å². The molecule has 1 aliphatic rings. The van der Waals surface area contributed by atoms with Crippen molar-refractivity contribution in [1.82, 2.24) is 10.3 Å². The first-order valence-electron chi connectivity index (χ1n) is 6.22. The highest BCUT2D eigenvalue weighted by Crippen LogP contribution is 2.27. The van der Waals surface area contributed by atoms with E-state index < -0.39 is 0 Å². The van der Waals surface area contributed by atoms with Crippen molar-refractivity contribution in [3.05, 3.63) is 41.6 Å². The van der Waals surface area contributed by atoms with Crippen LogP contribution in [0.1, 0.15) is 38.8 Å². The van der Waals surface area contributed by atoms with Gasteiger partial charge in [-0.2, -0.15) is 4.83 Å². The molecule has 0 spiro atoms. The zero-order valence-electron chi connectivity index (χ0n) is 11.1. The van der Waals surface area contributed by atoms with Gasteiger partial charge < -0.3 is 5.43 Å². The molecule has 0 atom stereocenters. The first kappa shape index (κ1) is 14.1. The van der Waals surface area contributed by atoms with Crippen molar-refractivity contribution in [2.75, 3.05) is 0 Å². The Morgan fingerprint density at radius 3 is 2.24 bits per heavy atom. The van der Waals surface area contributed by atoms with Gasteiger partial charge in [0, 0.05) is 11.1 Å². The second kappa shape index (κ2) is 7.41. The third kappa shape index (κ3) is 4.44. The van der Waals surface area contributed by atoms with E-state index in [0.717, 1.165) is 12.3 Å². The fraction of sp³-hybridized carbons (Fsp3) is 0.429. The topological polar surface area (TPSA) is 24.1 Å². The maximum Gasteiger partial charge on any atom is 0.0488 e. The van der Waals surface area contributed by atoms with E-state index in [9.17, 15) is 0 Å². The van der Waals surface area contributed by atoms with Crippen molar-refractivity contribution in [2.45, 2.75) is 34.1 Å². The second-order valence-corrected chi connectivity index (χ2v) is 5.00. The molecule has 0 fully saturated rings. The largest absolute Gasteiger partial charge is 0.318 e. The van der Waals surface area contributed by atoms with E-state index in [-0.39, 0.29) is 0 Å². The van der Waals surface area contributed by atoms with Crippen molar-refractivity contribution in [3.8, 4) is 0 Å². The molecule has 2 rings (SSSR count). The lowest BCUT2D eigenvalue weighted by molar-refractivity contribution is 0.647. The summed E-state index contributed by atoms with van der Waals surface area (Å²) >= 11 is 1.62. The number of hydrogen-bond donors (Lipinski definition) is 2. The molecule has 1 aromatic rings. The van der Waals surface area contributed by atoms with Gasteiger partial charge in [0.2, 0.25) is 0 Å². The van der Waals surface area contributed by atoms with Crippen molar-refractivity contribution < 1.29 is 0 Å². The van der Waals surface area contributed by atoms with Gasteiger partial charge in [0.05, 0.1) is 0 Å². The molecular formula is C14H22N2S. The summed E-state index contributed by atoms with van der Waals surface area (Å²) in [6.07, 6.45) is 3.14. The number of nitrogens with one attached hydrogen (secondary N) is 2. The lowest BCUT2D eigenvalue weighted by Crippen LogP contribution is -2.11. The van der Waals surface area contributed by atoms with Gasteiger partial charge in [-0.25, -0.2) is 0 Å². The van der Waals surface area contributed by atoms with E-state index in [2.05, 4.69) is 48.4 Å². The molecule has 0 aromatic heterocycles. The normalized spacial score (nSPS) is 13.8. The number of rotatable bonds is 3. The van der Waals surface area contributed by atoms with Crippen LogP contribution in [-0.4, -0.2) is 0 Å². The minimum absolute atomic E-state index is 0.722. The highest BCUT2D eigenvalue weighted by atomic mass is 32.2. The SMILES string of the molecule is CC.CC(C)Cc1ccc(C2=CNNS2)cc1. The van der Waals surface area contributed by atoms with Crippen LogP contribution >= 0.6 is 11.9 Å². The van der Waals surface area contributed by atoms with Crippen molar-refractivity contribution in [1.29, 1.82) is 0 Å². The minimum Gasteiger partial charge on any atom is -0.318 e. The molecule has 0 bridgehead atoms. The molecule has 0 amide bonds. The molecule has 0 radical (unpaired) electrons. The van der Waals surface area contributed by atoms with Gasteiger partial charge in [-0.3, -0.25) is 0 Å². The molecule has 0 aliphatic carbocycles. The van der Waals surface area contributed by atoms with Crippen molar-refractivity contribution in [3.63, 3.8) is 0 Å². The predicted octanol–water partition coefficient (Wildman–Crippen LogP) is 3.97. The Morgan fingerprint density at radius 1 is 1.12 bits per heavy atom. The first-order chi connectivity index (χ1) is 8.25. The Hall–Kier alpha value is -0.930. The lowest BCUT2D eigenvalue weighted by atomic mass is 10.0. The molecule has 17 heavy (non-hydrogen) atoms. The van der Waals surface area contributed by atoms with Crippen molar-refractivity contribution in [2.24, 2.45) is 5.92 Å². The van der Waals surface area contributed by atoms with Crippen LogP contribution in [0.15, 0.2) is 30.5 Å². The summed E-state index contributed by atoms with van der Waals surface area (Å²) in [5.41, 5.74) is 5.65. The van der Waals surface area contributed by atoms with Gasteiger partial charge in [0.15, 0.2) is 0 Å². The van der Waals surface area contributed by atoms with E-state index in [1.54, 1.807) is 11.9 Å². The summed E-state index contributed by atoms with van der Waals surface area (Å²) in [6, 6.07) is 8.81. The summed E-state index contributed by atoms with van der Waals surface area (Å²) in [6.45, 7) is 8.49. The van der Waals surface area contributed by atoms with Crippen LogP contribution in [0.3, 0.4) is 0 Å². The molecular weight excluding hydrogens is 228 g/mol. The van der Waals surface area contributed by atoms with Gasteiger partial charge >= 0.3 is 0 Å². The van der Waals surface area contributed by atoms with Gasteiger partial charge in [-0.15, -0.1) is 0 Å². The molecule has 2 nitrogen and oxygen atoms in total. The number of hydrogen-bond acceptors (Lipinski definition) is 3. The molecule has 94 valence electrons. The maximum absolute atomic E-state index is 2.99. The molecule has 1 aromatic carbocycles. The second-order valence-electron chi connectivity index (χ2n) is 4.15. The van der Waals surface area contributed by atoms with Crippen LogP contribution in [0.4, 0.5) is 0 Å². The molecule has 0 saturated carbocycles. The zero-order chi connectivity index (χ0) is 12.7. The van der Waals surface area contributed by atoms with Gasteiger partial charge in [-0.1, -0.05) is 52.0 Å². The van der Waals surface area contributed by atoms with E-state index in [1.807, 2.05) is 20.0 Å². The Morgan fingerprint density at radius 2 is 1.76 bits per heavy atom. The highest BCUT2D eigenvalue weighted by Gasteiger charge is 2.07. The quantitative estimate of drug-likeness (QED) is 0.794. The number of hydrazine groups is 1. The van der Waals surface area contributed by atoms with Gasteiger partial charge in [0.25, 0.3) is 0 Å². The Bertz CT molecular complexity index is 355. The summed E-state index contributed by atoms with van der Waals surface area (Å²) < 4.78 is 0. The van der Waals surface area contributed by atoms with Crippen LogP contribution in [-0.2, 0) is 6.42 Å². The summed E-state index contributed by atoms with van der Waals surface area (Å²) in [5.74, 6) is 0.722. The van der Waals surface area contributed by atoms with Crippen LogP contribution in [0.2, 0.25) is 0 Å². The minimum atomic E-state index is 0.722. The highest BCUT2D eigenvalue weighted by molar-refractivity contribution is 8.06. The average molecular weight is 250 g/mol. The molecule has 1 aliphatic heterocycles. The summed E-state index contributed by atoms with van der Waals surface area (Å²) in [4.78, 5) is 4.23. The standard InChI is InChI=1S/C12H16N2S.C2H6/c1-9(2)7-10-3-5-11(6-4-10)12-8-13-14-15-12;1-2/h3-6,8-9,13-14H,7H2,1-2H3;1-2H3. The number of benzene rings is 1. The Kier molecular flexibility index (Phi) is 6.16. The van der Waals surface area contributed by atoms with Gasteiger partial charge in [-0.05, 0) is 35.4 Å². The third-order valence-electron chi connectivity index (χ3n) is 2.31. The van der Waals surface area contributed by atoms with E-state index in [4.69, 9.17) is 0 Å². The molecule has 1 heterocycles. The maximum atomic E-state index is 2.99. The van der Waals surface area contributed by atoms with Crippen LogP contribution < -0.4 is 10.3 Å². The first-order valence-corrected chi connectivity index (χ1v) is 7.04.